The molecule has 126 valence electrons. The van der Waals surface area contributed by atoms with Crippen LogP contribution in [0.5, 0.6) is 0 Å². The Bertz CT molecular complexity index is 721. The van der Waals surface area contributed by atoms with E-state index in [1.54, 1.807) is 0 Å². The van der Waals surface area contributed by atoms with Gasteiger partial charge in [-0.1, -0.05) is 48.9 Å². The standard InChI is InChI=1S/C18H17ClFNO3/c1-12(13-5-3-2-4-6-13)10-21-17(22)11-24-18(23)15-8-7-14(20)9-16(15)19/h2-9,12H,10-11H2,1H3,(H,21,22)/t12-/m0/s1. The number of rotatable bonds is 6. The van der Waals surface area contributed by atoms with Gasteiger partial charge in [-0.05, 0) is 29.7 Å². The fourth-order valence-corrected chi connectivity index (χ4v) is 2.33. The van der Waals surface area contributed by atoms with Crippen molar-refractivity contribution in [2.24, 2.45) is 0 Å². The Morgan fingerprint density at radius 2 is 1.92 bits per heavy atom. The molecule has 0 bridgehead atoms. The lowest BCUT2D eigenvalue weighted by Crippen LogP contribution is -2.31. The molecule has 0 aromatic heterocycles. The van der Waals surface area contributed by atoms with Crippen LogP contribution >= 0.6 is 11.6 Å². The Hall–Kier alpha value is -2.40. The van der Waals surface area contributed by atoms with Crippen molar-refractivity contribution in [2.45, 2.75) is 12.8 Å². The highest BCUT2D eigenvalue weighted by Gasteiger charge is 2.15. The fraction of sp³-hybridized carbons (Fsp3) is 0.222. The summed E-state index contributed by atoms with van der Waals surface area (Å²) in [6.45, 7) is 1.99. The maximum atomic E-state index is 12.9. The van der Waals surface area contributed by atoms with E-state index in [0.29, 0.717) is 6.54 Å². The second-order valence-corrected chi connectivity index (χ2v) is 5.72. The summed E-state index contributed by atoms with van der Waals surface area (Å²) in [6.07, 6.45) is 0. The summed E-state index contributed by atoms with van der Waals surface area (Å²) in [7, 11) is 0. The van der Waals surface area contributed by atoms with Crippen LogP contribution in [0.25, 0.3) is 0 Å². The van der Waals surface area contributed by atoms with E-state index in [1.807, 2.05) is 37.3 Å². The number of esters is 1. The lowest BCUT2D eigenvalue weighted by atomic mass is 10.0. The van der Waals surface area contributed by atoms with Crippen LogP contribution in [0, 0.1) is 5.82 Å². The molecule has 1 amide bonds. The van der Waals surface area contributed by atoms with Gasteiger partial charge in [0.15, 0.2) is 6.61 Å². The van der Waals surface area contributed by atoms with E-state index in [-0.39, 0.29) is 16.5 Å². The van der Waals surface area contributed by atoms with Crippen LogP contribution in [0.15, 0.2) is 48.5 Å². The first-order valence-corrected chi connectivity index (χ1v) is 7.79. The highest BCUT2D eigenvalue weighted by molar-refractivity contribution is 6.33. The van der Waals surface area contributed by atoms with E-state index < -0.39 is 24.3 Å². The summed E-state index contributed by atoms with van der Waals surface area (Å²) >= 11 is 5.77. The second kappa shape index (κ2) is 8.45. The highest BCUT2D eigenvalue weighted by Crippen LogP contribution is 2.18. The van der Waals surface area contributed by atoms with Gasteiger partial charge in [0.2, 0.25) is 0 Å². The third-order valence-electron chi connectivity index (χ3n) is 3.46. The predicted octanol–water partition coefficient (Wildman–Crippen LogP) is 3.56. The summed E-state index contributed by atoms with van der Waals surface area (Å²) in [5.41, 5.74) is 1.12. The van der Waals surface area contributed by atoms with E-state index in [2.05, 4.69) is 5.32 Å². The smallest absolute Gasteiger partial charge is 0.340 e. The van der Waals surface area contributed by atoms with Crippen LogP contribution in [0.2, 0.25) is 5.02 Å². The number of hydrogen-bond acceptors (Lipinski definition) is 3. The first-order chi connectivity index (χ1) is 11.5. The van der Waals surface area contributed by atoms with Crippen molar-refractivity contribution in [3.8, 4) is 0 Å². The molecule has 1 atom stereocenters. The molecular formula is C18H17ClFNO3. The van der Waals surface area contributed by atoms with Crippen LogP contribution in [0.4, 0.5) is 4.39 Å². The number of hydrogen-bond donors (Lipinski definition) is 1. The molecule has 0 saturated carbocycles. The monoisotopic (exact) mass is 349 g/mol. The zero-order chi connectivity index (χ0) is 17.5. The first kappa shape index (κ1) is 17.9. The van der Waals surface area contributed by atoms with Crippen LogP contribution < -0.4 is 5.32 Å². The molecule has 2 aromatic rings. The Morgan fingerprint density at radius 1 is 1.21 bits per heavy atom. The van der Waals surface area contributed by atoms with Crippen LogP contribution in [-0.4, -0.2) is 25.0 Å². The topological polar surface area (TPSA) is 55.4 Å². The van der Waals surface area contributed by atoms with Crippen LogP contribution in [0.3, 0.4) is 0 Å². The van der Waals surface area contributed by atoms with Gasteiger partial charge in [0, 0.05) is 6.54 Å². The van der Waals surface area contributed by atoms with Crippen LogP contribution in [-0.2, 0) is 9.53 Å². The molecule has 6 heteroatoms. The van der Waals surface area contributed by atoms with Crippen molar-refractivity contribution < 1.29 is 18.7 Å². The number of ether oxygens (including phenoxy) is 1. The summed E-state index contributed by atoms with van der Waals surface area (Å²) in [5.74, 6) is -1.60. The second-order valence-electron chi connectivity index (χ2n) is 5.32. The Morgan fingerprint density at radius 3 is 2.58 bits per heavy atom. The third-order valence-corrected chi connectivity index (χ3v) is 3.77. The molecule has 4 nitrogen and oxygen atoms in total. The molecule has 0 aliphatic rings. The molecule has 0 heterocycles. The number of carbonyl (C=O) groups excluding carboxylic acids is 2. The minimum atomic E-state index is -0.772. The fourth-order valence-electron chi connectivity index (χ4n) is 2.08. The molecule has 0 aliphatic heterocycles. The minimum absolute atomic E-state index is 0.0171. The lowest BCUT2D eigenvalue weighted by Gasteiger charge is -2.13. The van der Waals surface area contributed by atoms with Gasteiger partial charge in [0.1, 0.15) is 5.82 Å². The molecule has 0 radical (unpaired) electrons. The number of nitrogens with one attached hydrogen (secondary N) is 1. The van der Waals surface area contributed by atoms with Crippen molar-refractivity contribution in [1.82, 2.24) is 5.32 Å². The zero-order valence-corrected chi connectivity index (χ0v) is 13.8. The number of carbonyl (C=O) groups is 2. The molecule has 24 heavy (non-hydrogen) atoms. The summed E-state index contributed by atoms with van der Waals surface area (Å²) in [5, 5.41) is 2.65. The van der Waals surface area contributed by atoms with Crippen molar-refractivity contribution in [3.63, 3.8) is 0 Å². The van der Waals surface area contributed by atoms with E-state index in [4.69, 9.17) is 16.3 Å². The maximum absolute atomic E-state index is 12.9. The third kappa shape index (κ3) is 5.06. The van der Waals surface area contributed by atoms with Crippen molar-refractivity contribution in [3.05, 3.63) is 70.5 Å². The van der Waals surface area contributed by atoms with Crippen LogP contribution in [0.1, 0.15) is 28.8 Å². The average Bonchev–Trinajstić information content (AvgIpc) is 2.58. The molecule has 2 aromatic carbocycles. The molecule has 2 rings (SSSR count). The number of amides is 1. The Kier molecular flexibility index (Phi) is 6.32. The highest BCUT2D eigenvalue weighted by atomic mass is 35.5. The van der Waals surface area contributed by atoms with Gasteiger partial charge in [0.05, 0.1) is 10.6 Å². The molecular weight excluding hydrogens is 333 g/mol. The number of benzene rings is 2. The average molecular weight is 350 g/mol. The van der Waals surface area contributed by atoms with E-state index in [1.165, 1.54) is 6.07 Å². The molecule has 0 spiro atoms. The van der Waals surface area contributed by atoms with Crippen molar-refractivity contribution in [2.75, 3.05) is 13.2 Å². The Balaban J connectivity index is 1.79. The first-order valence-electron chi connectivity index (χ1n) is 7.41. The SMILES string of the molecule is C[C@@H](CNC(=O)COC(=O)c1ccc(F)cc1Cl)c1ccccc1. The maximum Gasteiger partial charge on any atom is 0.340 e. The zero-order valence-electron chi connectivity index (χ0n) is 13.1. The molecule has 0 aliphatic carbocycles. The molecule has 1 N–H and O–H groups in total. The van der Waals surface area contributed by atoms with Gasteiger partial charge in [-0.25, -0.2) is 9.18 Å². The van der Waals surface area contributed by atoms with Crippen molar-refractivity contribution in [1.29, 1.82) is 0 Å². The molecule has 0 unspecified atom stereocenters. The van der Waals surface area contributed by atoms with Crippen molar-refractivity contribution >= 4 is 23.5 Å². The van der Waals surface area contributed by atoms with Gasteiger partial charge in [-0.2, -0.15) is 0 Å². The van der Waals surface area contributed by atoms with E-state index in [9.17, 15) is 14.0 Å². The summed E-state index contributed by atoms with van der Waals surface area (Å²) < 4.78 is 17.8. The lowest BCUT2D eigenvalue weighted by molar-refractivity contribution is -0.124. The van der Waals surface area contributed by atoms with Gasteiger partial charge in [-0.3, -0.25) is 4.79 Å². The largest absolute Gasteiger partial charge is 0.452 e. The predicted molar refractivity (Wildman–Crippen MR) is 89.6 cm³/mol. The normalized spacial score (nSPS) is 11.6. The Labute approximate surface area is 144 Å². The minimum Gasteiger partial charge on any atom is -0.452 e. The van der Waals surface area contributed by atoms with E-state index >= 15 is 0 Å². The van der Waals surface area contributed by atoms with E-state index in [0.717, 1.165) is 17.7 Å². The summed E-state index contributed by atoms with van der Waals surface area (Å²) in [4.78, 5) is 23.6. The van der Waals surface area contributed by atoms with Gasteiger partial charge in [-0.15, -0.1) is 0 Å². The number of halogens is 2. The molecule has 0 saturated heterocycles. The van der Waals surface area contributed by atoms with Gasteiger partial charge < -0.3 is 10.1 Å². The molecule has 0 fully saturated rings. The van der Waals surface area contributed by atoms with Gasteiger partial charge in [0.25, 0.3) is 5.91 Å². The quantitative estimate of drug-likeness (QED) is 0.811. The summed E-state index contributed by atoms with van der Waals surface area (Å²) in [6, 6.07) is 13.1. The van der Waals surface area contributed by atoms with Gasteiger partial charge >= 0.3 is 5.97 Å².